The summed E-state index contributed by atoms with van der Waals surface area (Å²) in [7, 11) is 1.80. The molecule has 0 aliphatic carbocycles. The van der Waals surface area contributed by atoms with E-state index in [1.54, 1.807) is 23.0 Å². The minimum atomic E-state index is 0.0993. The van der Waals surface area contributed by atoms with Crippen LogP contribution in [0.2, 0.25) is 0 Å². The zero-order valence-electron chi connectivity index (χ0n) is 13.4. The first-order valence-corrected chi connectivity index (χ1v) is 7.64. The molecule has 0 fully saturated rings. The highest BCUT2D eigenvalue weighted by Crippen LogP contribution is 2.16. The normalized spacial score (nSPS) is 11.0. The Labute approximate surface area is 134 Å². The molecule has 7 nitrogen and oxygen atoms in total. The maximum Gasteiger partial charge on any atom is 0.222 e. The topological polar surface area (TPSA) is 79.7 Å². The van der Waals surface area contributed by atoms with Crippen LogP contribution in [0.1, 0.15) is 24.2 Å². The molecule has 1 aromatic carbocycles. The largest absolute Gasteiger partial charge is 0.340 e. The lowest BCUT2D eigenvalue weighted by Crippen LogP contribution is -2.26. The number of carbonyl (C=O) groups is 1. The van der Waals surface area contributed by atoms with Crippen LogP contribution in [0.25, 0.3) is 11.0 Å². The van der Waals surface area contributed by atoms with Crippen molar-refractivity contribution < 1.29 is 4.79 Å². The summed E-state index contributed by atoms with van der Waals surface area (Å²) in [5.74, 6) is 0.906. The summed E-state index contributed by atoms with van der Waals surface area (Å²) in [4.78, 5) is 25.6. The van der Waals surface area contributed by atoms with Crippen molar-refractivity contribution >= 4 is 16.9 Å². The maximum absolute atomic E-state index is 12.2. The fourth-order valence-corrected chi connectivity index (χ4v) is 2.55. The minimum Gasteiger partial charge on any atom is -0.340 e. The molecular formula is C16H20N6O. The number of fused-ring (bicyclic) bond motifs is 1. The number of para-hydroxylation sites is 1. The Bertz CT molecular complexity index is 792. The number of H-pyrrole nitrogens is 1. The first kappa shape index (κ1) is 15.2. The van der Waals surface area contributed by atoms with Crippen LogP contribution in [-0.2, 0) is 17.9 Å². The minimum absolute atomic E-state index is 0.0993. The molecule has 2 aromatic heterocycles. The smallest absolute Gasteiger partial charge is 0.222 e. The zero-order valence-corrected chi connectivity index (χ0v) is 13.4. The molecule has 23 heavy (non-hydrogen) atoms. The summed E-state index contributed by atoms with van der Waals surface area (Å²) < 4.78 is 1.73. The molecule has 1 amide bonds. The highest BCUT2D eigenvalue weighted by Gasteiger charge is 2.12. The van der Waals surface area contributed by atoms with Crippen LogP contribution in [0, 0.1) is 6.92 Å². The molecule has 0 atom stereocenters. The first-order valence-electron chi connectivity index (χ1n) is 7.64. The van der Waals surface area contributed by atoms with Crippen molar-refractivity contribution in [2.45, 2.75) is 32.9 Å². The molecule has 0 saturated carbocycles. The molecule has 0 unspecified atom stereocenters. The first-order chi connectivity index (χ1) is 11.1. The Hall–Kier alpha value is -2.70. The van der Waals surface area contributed by atoms with E-state index in [9.17, 15) is 4.79 Å². The molecule has 3 rings (SSSR count). The van der Waals surface area contributed by atoms with Crippen molar-refractivity contribution in [1.29, 1.82) is 0 Å². The number of benzene rings is 1. The summed E-state index contributed by atoms with van der Waals surface area (Å²) in [5, 5.41) is 4.02. The molecule has 0 bridgehead atoms. The van der Waals surface area contributed by atoms with Crippen LogP contribution in [-0.4, -0.2) is 42.6 Å². The average molecular weight is 312 g/mol. The van der Waals surface area contributed by atoms with Gasteiger partial charge in [-0.25, -0.2) is 9.97 Å². The number of amides is 1. The number of nitrogens with zero attached hydrogens (tertiary/aromatic N) is 5. The third-order valence-electron chi connectivity index (χ3n) is 3.82. The number of hydrogen-bond acceptors (Lipinski definition) is 4. The van der Waals surface area contributed by atoms with Crippen LogP contribution >= 0.6 is 0 Å². The molecule has 7 heteroatoms. The van der Waals surface area contributed by atoms with E-state index in [0.717, 1.165) is 28.8 Å². The van der Waals surface area contributed by atoms with E-state index in [4.69, 9.17) is 0 Å². The van der Waals surface area contributed by atoms with E-state index in [-0.39, 0.29) is 5.91 Å². The highest BCUT2D eigenvalue weighted by atomic mass is 16.2. The fraction of sp³-hybridized carbons (Fsp3) is 0.375. The van der Waals surface area contributed by atoms with E-state index < -0.39 is 0 Å². The van der Waals surface area contributed by atoms with Gasteiger partial charge in [0, 0.05) is 20.0 Å². The molecule has 2 heterocycles. The van der Waals surface area contributed by atoms with Crippen LogP contribution in [0.15, 0.2) is 30.9 Å². The Morgan fingerprint density at radius 3 is 3.00 bits per heavy atom. The van der Waals surface area contributed by atoms with E-state index in [1.165, 1.54) is 6.33 Å². The molecule has 0 spiro atoms. The average Bonchev–Trinajstić information content (AvgIpc) is 3.17. The molecule has 3 aromatic rings. The number of aromatic nitrogens is 5. The number of rotatable bonds is 6. The lowest BCUT2D eigenvalue weighted by molar-refractivity contribution is -0.130. The molecule has 0 radical (unpaired) electrons. The quantitative estimate of drug-likeness (QED) is 0.754. The maximum atomic E-state index is 12.2. The van der Waals surface area contributed by atoms with Gasteiger partial charge in [-0.3, -0.25) is 9.48 Å². The van der Waals surface area contributed by atoms with Gasteiger partial charge in [0.2, 0.25) is 5.91 Å². The second-order valence-electron chi connectivity index (χ2n) is 5.67. The van der Waals surface area contributed by atoms with Crippen LogP contribution in [0.4, 0.5) is 0 Å². The van der Waals surface area contributed by atoms with Gasteiger partial charge in [0.05, 0.1) is 17.6 Å². The Morgan fingerprint density at radius 1 is 1.39 bits per heavy atom. The second kappa shape index (κ2) is 6.60. The second-order valence-corrected chi connectivity index (χ2v) is 5.67. The van der Waals surface area contributed by atoms with Gasteiger partial charge in [-0.05, 0) is 25.0 Å². The van der Waals surface area contributed by atoms with E-state index in [1.807, 2.05) is 25.1 Å². The molecule has 120 valence electrons. The van der Waals surface area contributed by atoms with Gasteiger partial charge >= 0.3 is 0 Å². The van der Waals surface area contributed by atoms with Gasteiger partial charge in [-0.1, -0.05) is 12.1 Å². The predicted molar refractivity (Wildman–Crippen MR) is 86.6 cm³/mol. The van der Waals surface area contributed by atoms with Crippen LogP contribution < -0.4 is 0 Å². The Kier molecular flexibility index (Phi) is 4.36. The summed E-state index contributed by atoms with van der Waals surface area (Å²) in [6.07, 6.45) is 4.38. The van der Waals surface area contributed by atoms with Crippen LogP contribution in [0.5, 0.6) is 0 Å². The summed E-state index contributed by atoms with van der Waals surface area (Å²) in [5.41, 5.74) is 3.10. The van der Waals surface area contributed by atoms with Crippen molar-refractivity contribution in [3.63, 3.8) is 0 Å². The molecule has 0 aliphatic rings. The van der Waals surface area contributed by atoms with Crippen molar-refractivity contribution in [3.8, 4) is 0 Å². The third kappa shape index (κ3) is 3.56. The predicted octanol–water partition coefficient (Wildman–Crippen LogP) is 1.90. The van der Waals surface area contributed by atoms with Gasteiger partial charge in [0.15, 0.2) is 0 Å². The van der Waals surface area contributed by atoms with E-state index in [0.29, 0.717) is 19.5 Å². The number of aromatic amines is 1. The van der Waals surface area contributed by atoms with Crippen molar-refractivity contribution in [2.75, 3.05) is 7.05 Å². The van der Waals surface area contributed by atoms with Gasteiger partial charge in [-0.15, -0.1) is 0 Å². The number of nitrogens with one attached hydrogen (secondary N) is 1. The summed E-state index contributed by atoms with van der Waals surface area (Å²) >= 11 is 0. The zero-order chi connectivity index (χ0) is 16.2. The van der Waals surface area contributed by atoms with Gasteiger partial charge in [0.1, 0.15) is 18.5 Å². The van der Waals surface area contributed by atoms with E-state index in [2.05, 4.69) is 20.1 Å². The van der Waals surface area contributed by atoms with Gasteiger partial charge in [0.25, 0.3) is 0 Å². The third-order valence-corrected chi connectivity index (χ3v) is 3.82. The number of carbonyl (C=O) groups excluding carboxylic acids is 1. The van der Waals surface area contributed by atoms with Gasteiger partial charge < -0.3 is 9.88 Å². The highest BCUT2D eigenvalue weighted by molar-refractivity contribution is 5.79. The number of imidazole rings is 1. The lowest BCUT2D eigenvalue weighted by atomic mass is 10.2. The van der Waals surface area contributed by atoms with Crippen molar-refractivity contribution in [1.82, 2.24) is 29.6 Å². The monoisotopic (exact) mass is 312 g/mol. The van der Waals surface area contributed by atoms with Crippen LogP contribution in [0.3, 0.4) is 0 Å². The molecule has 0 aliphatic heterocycles. The standard InChI is InChI=1S/C16H20N6O/c1-12-5-3-6-13-16(12)20-14(19-13)9-21(2)15(23)7-4-8-22-11-17-10-18-22/h3,5-6,10-11H,4,7-9H2,1-2H3,(H,19,20). The Balaban J connectivity index is 1.55. The SMILES string of the molecule is Cc1cccc2[nH]c(CN(C)C(=O)CCCn3cncn3)nc12. The van der Waals surface area contributed by atoms with Crippen molar-refractivity contribution in [2.24, 2.45) is 0 Å². The number of hydrogen-bond donors (Lipinski definition) is 1. The van der Waals surface area contributed by atoms with Crippen molar-refractivity contribution in [3.05, 3.63) is 42.2 Å². The molecule has 0 saturated heterocycles. The molecular weight excluding hydrogens is 292 g/mol. The summed E-state index contributed by atoms with van der Waals surface area (Å²) in [6.45, 7) is 3.21. The van der Waals surface area contributed by atoms with E-state index >= 15 is 0 Å². The van der Waals surface area contributed by atoms with Gasteiger partial charge in [-0.2, -0.15) is 5.10 Å². The Morgan fingerprint density at radius 2 is 2.26 bits per heavy atom. The lowest BCUT2D eigenvalue weighted by Gasteiger charge is -2.15. The molecule has 1 N–H and O–H groups in total. The number of aryl methyl sites for hydroxylation is 2. The summed E-state index contributed by atoms with van der Waals surface area (Å²) in [6, 6.07) is 6.03. The fourth-order valence-electron chi connectivity index (χ4n) is 2.55.